The molecule has 7 heteroatoms. The van der Waals surface area contributed by atoms with E-state index in [-0.39, 0.29) is 0 Å². The molecule has 0 amide bonds. The first-order chi connectivity index (χ1) is 9.67. The number of nitrogens with one attached hydrogen (secondary N) is 1. The second kappa shape index (κ2) is 7.10. The topological polar surface area (TPSA) is 70.3 Å². The fourth-order valence-electron chi connectivity index (χ4n) is 2.57. The lowest BCUT2D eigenvalue weighted by molar-refractivity contribution is 0.220. The van der Waals surface area contributed by atoms with E-state index < -0.39 is 0 Å². The van der Waals surface area contributed by atoms with E-state index in [1.54, 1.807) is 0 Å². The summed E-state index contributed by atoms with van der Waals surface area (Å²) in [6.45, 7) is 5.68. The second-order valence-electron chi connectivity index (χ2n) is 5.02. The minimum atomic E-state index is 0.535. The predicted octanol–water partition coefficient (Wildman–Crippen LogP) is 1.40. The Labute approximate surface area is 125 Å². The van der Waals surface area contributed by atoms with E-state index in [1.165, 1.54) is 24.6 Å². The van der Waals surface area contributed by atoms with Crippen LogP contribution < -0.4 is 16.2 Å². The van der Waals surface area contributed by atoms with Crippen LogP contribution in [0.4, 0.5) is 11.6 Å². The molecule has 0 spiro atoms. The molecule has 0 unspecified atom stereocenters. The van der Waals surface area contributed by atoms with Gasteiger partial charge in [0.2, 0.25) is 0 Å². The van der Waals surface area contributed by atoms with Crippen LogP contribution in [0.25, 0.3) is 0 Å². The zero-order valence-electron chi connectivity index (χ0n) is 12.5. The van der Waals surface area contributed by atoms with Crippen molar-refractivity contribution in [3.05, 3.63) is 6.07 Å². The van der Waals surface area contributed by atoms with Gasteiger partial charge in [0.25, 0.3) is 0 Å². The molecule has 2 heterocycles. The van der Waals surface area contributed by atoms with E-state index in [4.69, 9.17) is 5.84 Å². The molecule has 1 saturated heterocycles. The summed E-state index contributed by atoms with van der Waals surface area (Å²) in [5.74, 6) is 7.08. The summed E-state index contributed by atoms with van der Waals surface area (Å²) in [6.07, 6.45) is 4.32. The first kappa shape index (κ1) is 15.3. The van der Waals surface area contributed by atoms with Gasteiger partial charge in [0, 0.05) is 32.2 Å². The molecule has 0 aliphatic carbocycles. The van der Waals surface area contributed by atoms with Gasteiger partial charge in [-0.25, -0.2) is 15.8 Å². The normalized spacial score (nSPS) is 17.2. The van der Waals surface area contributed by atoms with Gasteiger partial charge in [0.1, 0.15) is 11.6 Å². The van der Waals surface area contributed by atoms with Crippen molar-refractivity contribution < 1.29 is 0 Å². The minimum absolute atomic E-state index is 0.535. The number of hydrazine groups is 1. The Morgan fingerprint density at radius 2 is 2.15 bits per heavy atom. The third-order valence-corrected chi connectivity index (χ3v) is 4.48. The highest BCUT2D eigenvalue weighted by Gasteiger charge is 2.23. The molecule has 20 heavy (non-hydrogen) atoms. The van der Waals surface area contributed by atoms with Crippen molar-refractivity contribution >= 4 is 23.4 Å². The lowest BCUT2D eigenvalue weighted by Gasteiger charge is -2.36. The Morgan fingerprint density at radius 1 is 1.45 bits per heavy atom. The molecule has 6 nitrogen and oxygen atoms in total. The average molecular weight is 296 g/mol. The summed E-state index contributed by atoms with van der Waals surface area (Å²) in [6, 6.07) is 2.44. The molecule has 1 aliphatic rings. The minimum Gasteiger partial charge on any atom is -0.356 e. The van der Waals surface area contributed by atoms with Crippen LogP contribution in [0.5, 0.6) is 0 Å². The van der Waals surface area contributed by atoms with Crippen LogP contribution in [-0.2, 0) is 0 Å². The lowest BCUT2D eigenvalue weighted by atomic mass is 10.0. The average Bonchev–Trinajstić information content (AvgIpc) is 2.53. The van der Waals surface area contributed by atoms with Gasteiger partial charge in [-0.2, -0.15) is 0 Å². The van der Waals surface area contributed by atoms with Gasteiger partial charge in [-0.05, 0) is 25.6 Å². The maximum Gasteiger partial charge on any atom is 0.191 e. The van der Waals surface area contributed by atoms with Crippen LogP contribution in [0, 0.1) is 0 Å². The van der Waals surface area contributed by atoms with E-state index >= 15 is 0 Å². The molecule has 0 saturated carbocycles. The maximum atomic E-state index is 5.48. The number of anilines is 2. The number of thioether (sulfide) groups is 1. The van der Waals surface area contributed by atoms with E-state index in [1.807, 2.05) is 12.3 Å². The smallest absolute Gasteiger partial charge is 0.191 e. The number of nitrogens with zero attached hydrogens (tertiary/aromatic N) is 4. The monoisotopic (exact) mass is 296 g/mol. The van der Waals surface area contributed by atoms with Gasteiger partial charge in [-0.1, -0.05) is 18.7 Å². The molecule has 112 valence electrons. The highest BCUT2D eigenvalue weighted by atomic mass is 32.2. The van der Waals surface area contributed by atoms with Crippen LogP contribution >= 0.6 is 11.8 Å². The number of hydrogen-bond acceptors (Lipinski definition) is 7. The van der Waals surface area contributed by atoms with Gasteiger partial charge in [-0.3, -0.25) is 0 Å². The van der Waals surface area contributed by atoms with E-state index in [2.05, 4.69) is 39.2 Å². The summed E-state index contributed by atoms with van der Waals surface area (Å²) in [7, 11) is 2.11. The fraction of sp³-hybridized carbons (Fsp3) is 0.692. The Hall–Kier alpha value is -1.05. The summed E-state index contributed by atoms with van der Waals surface area (Å²) in [5.41, 5.74) is 2.62. The number of rotatable bonds is 5. The quantitative estimate of drug-likeness (QED) is 0.368. The maximum absolute atomic E-state index is 5.48. The summed E-state index contributed by atoms with van der Waals surface area (Å²) in [5, 5.41) is 0.744. The molecule has 0 atom stereocenters. The molecule has 1 aliphatic heterocycles. The molecular weight excluding hydrogens is 272 g/mol. The largest absolute Gasteiger partial charge is 0.356 e. The number of likely N-dealkylation sites (tertiary alicyclic amines) is 1. The number of piperidine rings is 1. The lowest BCUT2D eigenvalue weighted by Crippen LogP contribution is -2.43. The Kier molecular flexibility index (Phi) is 5.45. The molecule has 2 rings (SSSR count). The standard InChI is InChI=1S/C13H24N6S/c1-4-19-7-5-10(6-8-19)18(2)12-9-11(17-14)15-13(16-12)20-3/h9-10H,4-8,14H2,1-3H3,(H,15,16,17). The van der Waals surface area contributed by atoms with Gasteiger partial charge in [-0.15, -0.1) is 0 Å². The summed E-state index contributed by atoms with van der Waals surface area (Å²) in [4.78, 5) is 13.6. The fourth-order valence-corrected chi connectivity index (χ4v) is 2.94. The molecule has 1 fully saturated rings. The van der Waals surface area contributed by atoms with Crippen LogP contribution in [0.15, 0.2) is 11.2 Å². The van der Waals surface area contributed by atoms with Crippen molar-refractivity contribution in [1.29, 1.82) is 0 Å². The Morgan fingerprint density at radius 3 is 2.70 bits per heavy atom. The van der Waals surface area contributed by atoms with Crippen LogP contribution in [0.3, 0.4) is 0 Å². The molecule has 0 aromatic carbocycles. The van der Waals surface area contributed by atoms with Crippen LogP contribution in [0.2, 0.25) is 0 Å². The first-order valence-corrected chi connectivity index (χ1v) is 8.25. The number of aromatic nitrogens is 2. The van der Waals surface area contributed by atoms with Crippen molar-refractivity contribution in [2.24, 2.45) is 5.84 Å². The molecule has 0 radical (unpaired) electrons. The van der Waals surface area contributed by atoms with Crippen molar-refractivity contribution in [2.45, 2.75) is 31.0 Å². The number of nitrogens with two attached hydrogens (primary N) is 1. The highest BCUT2D eigenvalue weighted by molar-refractivity contribution is 7.98. The molecule has 0 bridgehead atoms. The SMILES string of the molecule is CCN1CCC(N(C)c2cc(NN)nc(SC)n2)CC1. The molecule has 1 aromatic rings. The highest BCUT2D eigenvalue weighted by Crippen LogP contribution is 2.24. The van der Waals surface area contributed by atoms with Crippen LogP contribution in [0.1, 0.15) is 19.8 Å². The second-order valence-corrected chi connectivity index (χ2v) is 5.79. The third-order valence-electron chi connectivity index (χ3n) is 3.94. The molecule has 3 N–H and O–H groups in total. The Balaban J connectivity index is 2.10. The van der Waals surface area contributed by atoms with E-state index in [9.17, 15) is 0 Å². The number of hydrogen-bond donors (Lipinski definition) is 2. The molecular formula is C13H24N6S. The summed E-state index contributed by atoms with van der Waals surface area (Å²) >= 11 is 1.53. The third kappa shape index (κ3) is 3.53. The van der Waals surface area contributed by atoms with Crippen LogP contribution in [-0.4, -0.2) is 53.8 Å². The predicted molar refractivity (Wildman–Crippen MR) is 85.2 cm³/mol. The summed E-state index contributed by atoms with van der Waals surface area (Å²) < 4.78 is 0. The Bertz CT molecular complexity index is 411. The van der Waals surface area contributed by atoms with Crippen molar-refractivity contribution in [3.63, 3.8) is 0 Å². The zero-order chi connectivity index (χ0) is 14.5. The first-order valence-electron chi connectivity index (χ1n) is 7.02. The van der Waals surface area contributed by atoms with Gasteiger partial charge in [0.15, 0.2) is 5.16 Å². The zero-order valence-corrected chi connectivity index (χ0v) is 13.3. The van der Waals surface area contributed by atoms with Crippen molar-refractivity contribution in [2.75, 3.05) is 43.3 Å². The van der Waals surface area contributed by atoms with Gasteiger partial charge in [0.05, 0.1) is 0 Å². The van der Waals surface area contributed by atoms with E-state index in [0.717, 1.165) is 30.6 Å². The number of nitrogen functional groups attached to an aromatic ring is 1. The van der Waals surface area contributed by atoms with Gasteiger partial charge >= 0.3 is 0 Å². The van der Waals surface area contributed by atoms with Gasteiger partial charge < -0.3 is 15.2 Å². The van der Waals surface area contributed by atoms with Crippen molar-refractivity contribution in [1.82, 2.24) is 14.9 Å². The van der Waals surface area contributed by atoms with E-state index in [0.29, 0.717) is 11.9 Å². The molecule has 1 aromatic heterocycles. The van der Waals surface area contributed by atoms with Crippen molar-refractivity contribution in [3.8, 4) is 0 Å².